The van der Waals surface area contributed by atoms with Crippen molar-refractivity contribution in [1.29, 1.82) is 5.26 Å². The summed E-state index contributed by atoms with van der Waals surface area (Å²) in [6, 6.07) is 12.4. The lowest BCUT2D eigenvalue weighted by Gasteiger charge is -2.29. The number of aromatic nitrogens is 1. The summed E-state index contributed by atoms with van der Waals surface area (Å²) >= 11 is 0. The van der Waals surface area contributed by atoms with Crippen molar-refractivity contribution >= 4 is 26.8 Å². The second kappa shape index (κ2) is 9.57. The number of sulfonamides is 1. The van der Waals surface area contributed by atoms with E-state index in [1.165, 1.54) is 18.2 Å². The van der Waals surface area contributed by atoms with E-state index in [1.54, 1.807) is 35.0 Å². The second-order valence-electron chi connectivity index (χ2n) is 8.90. The highest BCUT2D eigenvalue weighted by molar-refractivity contribution is 7.89. The van der Waals surface area contributed by atoms with E-state index in [0.29, 0.717) is 36.6 Å². The summed E-state index contributed by atoms with van der Waals surface area (Å²) in [5.74, 6) is -0.587. The zero-order valence-electron chi connectivity index (χ0n) is 19.1. The average molecular weight is 483 g/mol. The molecular formula is C25H27FN4O3S. The smallest absolute Gasteiger partial charge is 0.240 e. The number of hydrogen-bond acceptors (Lipinski definition) is 4. The van der Waals surface area contributed by atoms with Crippen LogP contribution in [-0.4, -0.2) is 24.9 Å². The maximum absolute atomic E-state index is 13.1. The normalized spacial score (nSPS) is 19.5. The van der Waals surface area contributed by atoms with E-state index >= 15 is 0 Å². The molecule has 0 aliphatic heterocycles. The molecule has 1 aromatic heterocycles. The molecule has 1 heterocycles. The summed E-state index contributed by atoms with van der Waals surface area (Å²) < 4.78 is 43.7. The minimum atomic E-state index is -3.76. The van der Waals surface area contributed by atoms with Gasteiger partial charge < -0.3 is 9.88 Å². The van der Waals surface area contributed by atoms with Gasteiger partial charge in [0.2, 0.25) is 15.9 Å². The molecule has 1 atom stereocenters. The molecule has 2 N–H and O–H groups in total. The first-order valence-electron chi connectivity index (χ1n) is 11.3. The highest BCUT2D eigenvalue weighted by Crippen LogP contribution is 2.28. The number of fused-ring (bicyclic) bond motifs is 1. The van der Waals surface area contributed by atoms with Crippen LogP contribution in [0.1, 0.15) is 49.8 Å². The molecule has 3 aromatic rings. The monoisotopic (exact) mass is 482 g/mol. The Balaban J connectivity index is 1.36. The molecule has 0 saturated heterocycles. The van der Waals surface area contributed by atoms with Gasteiger partial charge in [0.1, 0.15) is 11.9 Å². The zero-order chi connectivity index (χ0) is 24.5. The minimum absolute atomic E-state index is 0.0725. The number of aryl methyl sites for hydroxylation is 1. The Kier molecular flexibility index (Phi) is 6.73. The molecule has 1 fully saturated rings. The van der Waals surface area contributed by atoms with Crippen LogP contribution >= 0.6 is 0 Å². The van der Waals surface area contributed by atoms with Crippen molar-refractivity contribution in [3.05, 3.63) is 65.6 Å². The first-order chi connectivity index (χ1) is 16.2. The fourth-order valence-corrected chi connectivity index (χ4v) is 5.89. The van der Waals surface area contributed by atoms with Crippen LogP contribution in [-0.2, 0) is 21.9 Å². The van der Waals surface area contributed by atoms with Gasteiger partial charge in [-0.1, -0.05) is 12.1 Å². The van der Waals surface area contributed by atoms with Gasteiger partial charge in [0.15, 0.2) is 0 Å². The number of halogens is 1. The summed E-state index contributed by atoms with van der Waals surface area (Å²) in [6.45, 7) is 1.85. The number of nitrogens with zero attached hydrogens (tertiary/aromatic N) is 2. The predicted octanol–water partition coefficient (Wildman–Crippen LogP) is 3.90. The van der Waals surface area contributed by atoms with Crippen molar-refractivity contribution in [1.82, 2.24) is 14.6 Å². The van der Waals surface area contributed by atoms with E-state index in [4.69, 9.17) is 0 Å². The number of hydrogen-bond donors (Lipinski definition) is 2. The molecule has 9 heteroatoms. The van der Waals surface area contributed by atoms with Crippen molar-refractivity contribution in [2.24, 2.45) is 13.0 Å². The van der Waals surface area contributed by atoms with Crippen LogP contribution in [0.5, 0.6) is 0 Å². The predicted molar refractivity (Wildman–Crippen MR) is 127 cm³/mol. The van der Waals surface area contributed by atoms with Crippen molar-refractivity contribution < 1.29 is 17.6 Å². The second-order valence-corrected chi connectivity index (χ2v) is 10.6. The van der Waals surface area contributed by atoms with Gasteiger partial charge in [-0.2, -0.15) is 5.26 Å². The molecule has 0 unspecified atom stereocenters. The third-order valence-electron chi connectivity index (χ3n) is 6.54. The molecule has 1 amide bonds. The molecule has 34 heavy (non-hydrogen) atoms. The fraction of sp³-hybridized carbons (Fsp3) is 0.360. The van der Waals surface area contributed by atoms with E-state index in [9.17, 15) is 22.9 Å². The lowest BCUT2D eigenvalue weighted by molar-refractivity contribution is -0.126. The molecular weight excluding hydrogens is 455 g/mol. The van der Waals surface area contributed by atoms with Crippen molar-refractivity contribution in [2.75, 3.05) is 0 Å². The SMILES string of the molecule is C[C@@H](NC(=O)[C@H]1CC[C@H](NS(=O)(=O)c2ccc3c(c2)c(C#N)cn3C)CC1)c1ccc(F)cc1. The Morgan fingerprint density at radius 2 is 1.82 bits per heavy atom. The lowest BCUT2D eigenvalue weighted by atomic mass is 9.85. The van der Waals surface area contributed by atoms with Gasteiger partial charge >= 0.3 is 0 Å². The maximum Gasteiger partial charge on any atom is 0.240 e. The van der Waals surface area contributed by atoms with Crippen LogP contribution in [0.2, 0.25) is 0 Å². The van der Waals surface area contributed by atoms with Crippen LogP contribution in [0.15, 0.2) is 53.6 Å². The quantitative estimate of drug-likeness (QED) is 0.556. The first kappa shape index (κ1) is 23.9. The Labute approximate surface area is 198 Å². The Hall–Kier alpha value is -3.22. The third-order valence-corrected chi connectivity index (χ3v) is 8.06. The van der Waals surface area contributed by atoms with Crippen LogP contribution in [0.4, 0.5) is 4.39 Å². The molecule has 0 spiro atoms. The van der Waals surface area contributed by atoms with Gasteiger partial charge in [-0.25, -0.2) is 17.5 Å². The number of nitrogens with one attached hydrogen (secondary N) is 2. The van der Waals surface area contributed by atoms with Gasteiger partial charge in [0, 0.05) is 36.1 Å². The number of carbonyl (C=O) groups excluding carboxylic acids is 1. The summed E-state index contributed by atoms with van der Waals surface area (Å²) in [7, 11) is -1.95. The molecule has 178 valence electrons. The number of benzene rings is 2. The summed E-state index contributed by atoms with van der Waals surface area (Å²) in [4.78, 5) is 12.8. The number of carbonyl (C=O) groups is 1. The third kappa shape index (κ3) is 4.98. The molecule has 4 rings (SSSR count). The highest BCUT2D eigenvalue weighted by atomic mass is 32.2. The molecule has 7 nitrogen and oxygen atoms in total. The van der Waals surface area contributed by atoms with Crippen molar-refractivity contribution in [3.63, 3.8) is 0 Å². The van der Waals surface area contributed by atoms with Crippen molar-refractivity contribution in [3.8, 4) is 6.07 Å². The Morgan fingerprint density at radius 1 is 1.15 bits per heavy atom. The van der Waals surface area contributed by atoms with Gasteiger partial charge in [-0.15, -0.1) is 0 Å². The Morgan fingerprint density at radius 3 is 2.47 bits per heavy atom. The minimum Gasteiger partial charge on any atom is -0.349 e. The van der Waals surface area contributed by atoms with Crippen LogP contribution in [0, 0.1) is 23.1 Å². The topological polar surface area (TPSA) is 104 Å². The highest BCUT2D eigenvalue weighted by Gasteiger charge is 2.30. The average Bonchev–Trinajstić information content (AvgIpc) is 3.14. The van der Waals surface area contributed by atoms with E-state index in [1.807, 2.05) is 14.0 Å². The summed E-state index contributed by atoms with van der Waals surface area (Å²) in [5.41, 5.74) is 2.04. The van der Waals surface area contributed by atoms with Gasteiger partial charge in [-0.05, 0) is 68.5 Å². The number of amides is 1. The number of rotatable bonds is 6. The van der Waals surface area contributed by atoms with Crippen LogP contribution in [0.3, 0.4) is 0 Å². The van der Waals surface area contributed by atoms with Gasteiger partial charge in [-0.3, -0.25) is 4.79 Å². The molecule has 0 radical (unpaired) electrons. The molecule has 1 aliphatic rings. The fourth-order valence-electron chi connectivity index (χ4n) is 4.55. The summed E-state index contributed by atoms with van der Waals surface area (Å²) in [5, 5.41) is 12.9. The molecule has 0 bridgehead atoms. The zero-order valence-corrected chi connectivity index (χ0v) is 19.9. The molecule has 2 aromatic carbocycles. The van der Waals surface area contributed by atoms with Crippen LogP contribution in [0.25, 0.3) is 10.9 Å². The first-order valence-corrected chi connectivity index (χ1v) is 12.7. The van der Waals surface area contributed by atoms with Crippen LogP contribution < -0.4 is 10.0 Å². The molecule has 1 saturated carbocycles. The van der Waals surface area contributed by atoms with Gasteiger partial charge in [0.25, 0.3) is 0 Å². The maximum atomic E-state index is 13.1. The van der Waals surface area contributed by atoms with E-state index in [0.717, 1.165) is 11.1 Å². The van der Waals surface area contributed by atoms with E-state index < -0.39 is 10.0 Å². The van der Waals surface area contributed by atoms with E-state index in [-0.39, 0.29) is 34.6 Å². The van der Waals surface area contributed by atoms with Gasteiger partial charge in [0.05, 0.1) is 16.5 Å². The Bertz CT molecular complexity index is 1350. The molecule has 1 aliphatic carbocycles. The largest absolute Gasteiger partial charge is 0.349 e. The standard InChI is InChI=1S/C25H27FN4O3S/c1-16(17-3-7-20(26)8-4-17)28-25(31)18-5-9-21(10-6-18)29-34(32,33)22-11-12-24-23(13-22)19(14-27)15-30(24)2/h3-4,7-8,11-13,15-16,18,21,29H,5-6,9-10H2,1-2H3,(H,28,31)/t16-,18-,21-/m1/s1. The van der Waals surface area contributed by atoms with E-state index in [2.05, 4.69) is 16.1 Å². The van der Waals surface area contributed by atoms with Crippen molar-refractivity contribution in [2.45, 2.75) is 49.6 Å². The number of nitriles is 1. The lowest BCUT2D eigenvalue weighted by Crippen LogP contribution is -2.41. The summed E-state index contributed by atoms with van der Waals surface area (Å²) in [6.07, 6.45) is 3.94.